The summed E-state index contributed by atoms with van der Waals surface area (Å²) in [5.41, 5.74) is 8.08. The second-order valence-corrected chi connectivity index (χ2v) is 4.79. The van der Waals surface area contributed by atoms with E-state index >= 15 is 0 Å². The van der Waals surface area contributed by atoms with Gasteiger partial charge in [0.25, 0.3) is 5.91 Å². The first kappa shape index (κ1) is 14.1. The minimum atomic E-state index is -0.315. The van der Waals surface area contributed by atoms with Gasteiger partial charge in [0.15, 0.2) is 0 Å². The molecule has 0 spiro atoms. The topological polar surface area (TPSA) is 46.3 Å². The highest BCUT2D eigenvalue weighted by Crippen LogP contribution is 2.19. The van der Waals surface area contributed by atoms with Gasteiger partial charge in [-0.15, -0.1) is 0 Å². The van der Waals surface area contributed by atoms with Crippen LogP contribution in [0.4, 0.5) is 10.1 Å². The van der Waals surface area contributed by atoms with Crippen molar-refractivity contribution >= 4 is 11.6 Å². The largest absolute Gasteiger partial charge is 0.398 e. The lowest BCUT2D eigenvalue weighted by Crippen LogP contribution is -2.28. The molecule has 0 aliphatic heterocycles. The minimum absolute atomic E-state index is 0.205. The molecular weight excluding hydrogens is 255 g/mol. The van der Waals surface area contributed by atoms with E-state index in [9.17, 15) is 9.18 Å². The summed E-state index contributed by atoms with van der Waals surface area (Å²) in [6.07, 6.45) is 0. The summed E-state index contributed by atoms with van der Waals surface area (Å²) in [6.45, 7) is 2.04. The Balaban J connectivity index is 2.24. The Labute approximate surface area is 117 Å². The lowest BCUT2D eigenvalue weighted by Gasteiger charge is -2.19. The number of carbonyl (C=O) groups excluding carboxylic acids is 1. The summed E-state index contributed by atoms with van der Waals surface area (Å²) in [5, 5.41) is 0. The lowest BCUT2D eigenvalue weighted by atomic mass is 10.1. The second kappa shape index (κ2) is 5.74. The zero-order chi connectivity index (χ0) is 14.7. The van der Waals surface area contributed by atoms with Crippen LogP contribution in [0.15, 0.2) is 42.5 Å². The molecule has 0 heterocycles. The van der Waals surface area contributed by atoms with E-state index in [1.165, 1.54) is 11.0 Å². The molecular formula is C16H17FN2O. The molecule has 1 amide bonds. The van der Waals surface area contributed by atoms with Crippen LogP contribution >= 0.6 is 0 Å². The quantitative estimate of drug-likeness (QED) is 0.873. The zero-order valence-corrected chi connectivity index (χ0v) is 11.6. The molecule has 0 saturated heterocycles. The molecule has 3 nitrogen and oxygen atoms in total. The van der Waals surface area contributed by atoms with Crippen LogP contribution in [0, 0.1) is 12.7 Å². The second-order valence-electron chi connectivity index (χ2n) is 4.79. The van der Waals surface area contributed by atoms with Gasteiger partial charge in [0.2, 0.25) is 0 Å². The van der Waals surface area contributed by atoms with Crippen molar-refractivity contribution in [2.75, 3.05) is 12.8 Å². The monoisotopic (exact) mass is 272 g/mol. The van der Waals surface area contributed by atoms with Gasteiger partial charge >= 0.3 is 0 Å². The van der Waals surface area contributed by atoms with Crippen LogP contribution in [-0.2, 0) is 6.54 Å². The highest BCUT2D eigenvalue weighted by Gasteiger charge is 2.17. The van der Waals surface area contributed by atoms with Gasteiger partial charge < -0.3 is 10.6 Å². The average Bonchev–Trinajstić information content (AvgIpc) is 2.41. The fraction of sp³-hybridized carbons (Fsp3) is 0.188. The van der Waals surface area contributed by atoms with Crippen LogP contribution in [-0.4, -0.2) is 17.9 Å². The van der Waals surface area contributed by atoms with E-state index in [1.807, 2.05) is 13.0 Å². The third-order valence-electron chi connectivity index (χ3n) is 3.23. The van der Waals surface area contributed by atoms with Gasteiger partial charge in [-0.1, -0.05) is 30.3 Å². The van der Waals surface area contributed by atoms with E-state index in [-0.39, 0.29) is 18.3 Å². The highest BCUT2D eigenvalue weighted by molar-refractivity contribution is 6.00. The maximum atomic E-state index is 13.6. The summed E-state index contributed by atoms with van der Waals surface area (Å²) < 4.78 is 13.6. The van der Waals surface area contributed by atoms with Crippen LogP contribution < -0.4 is 5.73 Å². The SMILES string of the molecule is Cc1cccc(N)c1C(=O)N(C)Cc1ccccc1F. The maximum absolute atomic E-state index is 13.6. The number of amides is 1. The number of hydrogen-bond donors (Lipinski definition) is 1. The molecule has 2 aromatic carbocycles. The third-order valence-corrected chi connectivity index (χ3v) is 3.23. The Morgan fingerprint density at radius 2 is 1.90 bits per heavy atom. The molecule has 2 rings (SSSR count). The van der Waals surface area contributed by atoms with Crippen LogP contribution in [0.2, 0.25) is 0 Å². The van der Waals surface area contributed by atoms with E-state index < -0.39 is 0 Å². The molecule has 0 saturated carbocycles. The lowest BCUT2D eigenvalue weighted by molar-refractivity contribution is 0.0784. The third kappa shape index (κ3) is 2.79. The minimum Gasteiger partial charge on any atom is -0.398 e. The molecule has 0 aromatic heterocycles. The van der Waals surface area contributed by atoms with E-state index in [2.05, 4.69) is 0 Å². The molecule has 0 bridgehead atoms. The molecule has 0 unspecified atom stereocenters. The fourth-order valence-corrected chi connectivity index (χ4v) is 2.13. The van der Waals surface area contributed by atoms with Crippen molar-refractivity contribution in [3.63, 3.8) is 0 Å². The Morgan fingerprint density at radius 3 is 2.55 bits per heavy atom. The van der Waals surface area contributed by atoms with Crippen molar-refractivity contribution in [1.29, 1.82) is 0 Å². The highest BCUT2D eigenvalue weighted by atomic mass is 19.1. The number of rotatable bonds is 3. The molecule has 0 aliphatic carbocycles. The van der Waals surface area contributed by atoms with E-state index in [1.54, 1.807) is 37.4 Å². The van der Waals surface area contributed by atoms with Crippen molar-refractivity contribution in [1.82, 2.24) is 4.90 Å². The maximum Gasteiger partial charge on any atom is 0.256 e. The normalized spacial score (nSPS) is 10.3. The van der Waals surface area contributed by atoms with Crippen molar-refractivity contribution in [3.05, 3.63) is 65.0 Å². The predicted molar refractivity (Wildman–Crippen MR) is 77.8 cm³/mol. The summed E-state index contributed by atoms with van der Waals surface area (Å²) in [4.78, 5) is 13.9. The van der Waals surface area contributed by atoms with Crippen LogP contribution in [0.5, 0.6) is 0 Å². The van der Waals surface area contributed by atoms with Crippen LogP contribution in [0.3, 0.4) is 0 Å². The van der Waals surface area contributed by atoms with Gasteiger partial charge in [-0.05, 0) is 24.6 Å². The van der Waals surface area contributed by atoms with E-state index in [0.29, 0.717) is 16.8 Å². The Bertz CT molecular complexity index is 620. The summed E-state index contributed by atoms with van der Waals surface area (Å²) in [5.74, 6) is -0.520. The van der Waals surface area contributed by atoms with Gasteiger partial charge in [0.05, 0.1) is 5.56 Å². The number of anilines is 1. The number of benzene rings is 2. The molecule has 0 atom stereocenters. The fourth-order valence-electron chi connectivity index (χ4n) is 2.13. The van der Waals surface area contributed by atoms with Gasteiger partial charge in [0, 0.05) is 24.8 Å². The first-order valence-electron chi connectivity index (χ1n) is 6.34. The first-order chi connectivity index (χ1) is 9.50. The van der Waals surface area contributed by atoms with Gasteiger partial charge in [-0.2, -0.15) is 0 Å². The number of nitrogen functional groups attached to an aromatic ring is 1. The van der Waals surface area contributed by atoms with Crippen molar-refractivity contribution in [3.8, 4) is 0 Å². The van der Waals surface area contributed by atoms with E-state index in [4.69, 9.17) is 5.73 Å². The molecule has 2 aromatic rings. The predicted octanol–water partition coefficient (Wildman–Crippen LogP) is 2.99. The van der Waals surface area contributed by atoms with Gasteiger partial charge in [0.1, 0.15) is 5.82 Å². The number of nitrogens with two attached hydrogens (primary N) is 1. The molecule has 104 valence electrons. The number of nitrogens with zero attached hydrogens (tertiary/aromatic N) is 1. The smallest absolute Gasteiger partial charge is 0.256 e. The van der Waals surface area contributed by atoms with Crippen LogP contribution in [0.1, 0.15) is 21.5 Å². The van der Waals surface area contributed by atoms with Crippen LogP contribution in [0.25, 0.3) is 0 Å². The van der Waals surface area contributed by atoms with Crippen molar-refractivity contribution < 1.29 is 9.18 Å². The van der Waals surface area contributed by atoms with Gasteiger partial charge in [-0.3, -0.25) is 4.79 Å². The van der Waals surface area contributed by atoms with Crippen molar-refractivity contribution in [2.24, 2.45) is 0 Å². The molecule has 0 radical (unpaired) electrons. The number of hydrogen-bond acceptors (Lipinski definition) is 2. The summed E-state index contributed by atoms with van der Waals surface area (Å²) >= 11 is 0. The number of aryl methyl sites for hydroxylation is 1. The Hall–Kier alpha value is -2.36. The molecule has 0 aliphatic rings. The standard InChI is InChI=1S/C16H17FN2O/c1-11-6-5-9-14(18)15(11)16(20)19(2)10-12-7-3-4-8-13(12)17/h3-9H,10,18H2,1-2H3. The first-order valence-corrected chi connectivity index (χ1v) is 6.34. The average molecular weight is 272 g/mol. The molecule has 4 heteroatoms. The van der Waals surface area contributed by atoms with Gasteiger partial charge in [-0.25, -0.2) is 4.39 Å². The molecule has 0 fully saturated rings. The summed E-state index contributed by atoms with van der Waals surface area (Å²) in [7, 11) is 1.64. The Morgan fingerprint density at radius 1 is 1.20 bits per heavy atom. The molecule has 2 N–H and O–H groups in total. The Kier molecular flexibility index (Phi) is 4.03. The summed E-state index contributed by atoms with van der Waals surface area (Å²) in [6, 6.07) is 11.8. The zero-order valence-electron chi connectivity index (χ0n) is 11.6. The molecule has 20 heavy (non-hydrogen) atoms. The number of carbonyl (C=O) groups is 1. The van der Waals surface area contributed by atoms with Crippen molar-refractivity contribution in [2.45, 2.75) is 13.5 Å². The number of halogens is 1. The van der Waals surface area contributed by atoms with E-state index in [0.717, 1.165) is 5.56 Å².